The first-order chi connectivity index (χ1) is 9.62. The Kier molecular flexibility index (Phi) is 4.65. The topological polar surface area (TPSA) is 93.0 Å². The minimum Gasteiger partial charge on any atom is -0.380 e. The summed E-state index contributed by atoms with van der Waals surface area (Å²) in [5.41, 5.74) is 6.71. The van der Waals surface area contributed by atoms with Crippen LogP contribution in [0.2, 0.25) is 0 Å². The van der Waals surface area contributed by atoms with E-state index in [1.807, 2.05) is 0 Å². The molecule has 0 aliphatic heterocycles. The minimum absolute atomic E-state index is 0.172. The molecule has 1 aromatic carbocycles. The molecule has 0 radical (unpaired) electrons. The molecule has 2 rings (SSSR count). The molecular formula is C13H17FN4O2. The van der Waals surface area contributed by atoms with Crippen LogP contribution in [0, 0.1) is 5.82 Å². The number of imidazole rings is 1. The number of aromatic nitrogens is 2. The zero-order valence-electron chi connectivity index (χ0n) is 11.1. The molecular weight excluding hydrogens is 263 g/mol. The second-order valence-electron chi connectivity index (χ2n) is 4.42. The van der Waals surface area contributed by atoms with Gasteiger partial charge in [-0.05, 0) is 18.2 Å². The number of ether oxygens (including phenoxy) is 1. The lowest BCUT2D eigenvalue weighted by Crippen LogP contribution is -2.32. The molecule has 1 heterocycles. The number of rotatable bonds is 6. The van der Waals surface area contributed by atoms with E-state index in [4.69, 9.17) is 10.5 Å². The number of nitrogens with two attached hydrogens (primary N) is 1. The summed E-state index contributed by atoms with van der Waals surface area (Å²) in [6.45, 7) is 0.532. The Balaban J connectivity index is 1.93. The van der Waals surface area contributed by atoms with Crippen molar-refractivity contribution in [3.8, 4) is 0 Å². The van der Waals surface area contributed by atoms with Crippen LogP contribution in [-0.2, 0) is 16.1 Å². The van der Waals surface area contributed by atoms with Crippen molar-refractivity contribution in [3.05, 3.63) is 29.8 Å². The van der Waals surface area contributed by atoms with Crippen molar-refractivity contribution < 1.29 is 13.9 Å². The highest BCUT2D eigenvalue weighted by molar-refractivity contribution is 5.77. The van der Waals surface area contributed by atoms with Gasteiger partial charge in [-0.2, -0.15) is 0 Å². The molecule has 0 aliphatic carbocycles. The number of benzene rings is 1. The van der Waals surface area contributed by atoms with Crippen LogP contribution in [0.5, 0.6) is 0 Å². The van der Waals surface area contributed by atoms with Gasteiger partial charge < -0.3 is 20.8 Å². The van der Waals surface area contributed by atoms with E-state index in [1.165, 1.54) is 19.2 Å². The van der Waals surface area contributed by atoms with Crippen LogP contribution >= 0.6 is 0 Å². The number of carbonyl (C=O) groups is 1. The van der Waals surface area contributed by atoms with Crippen LogP contribution in [0.1, 0.15) is 12.2 Å². The number of carbonyl (C=O) groups excluding carboxylic acids is 1. The van der Waals surface area contributed by atoms with E-state index >= 15 is 0 Å². The van der Waals surface area contributed by atoms with Gasteiger partial charge in [-0.25, -0.2) is 9.37 Å². The number of amides is 1. The van der Waals surface area contributed by atoms with Gasteiger partial charge in [0, 0.05) is 13.7 Å². The molecule has 1 amide bonds. The number of hydrogen-bond donors (Lipinski definition) is 3. The fourth-order valence-corrected chi connectivity index (χ4v) is 1.84. The third-order valence-corrected chi connectivity index (χ3v) is 2.96. The van der Waals surface area contributed by atoms with Crippen molar-refractivity contribution >= 4 is 16.9 Å². The molecule has 20 heavy (non-hydrogen) atoms. The van der Waals surface area contributed by atoms with E-state index in [0.717, 1.165) is 0 Å². The minimum atomic E-state index is -0.331. The molecule has 108 valence electrons. The zero-order valence-corrected chi connectivity index (χ0v) is 11.1. The van der Waals surface area contributed by atoms with Crippen molar-refractivity contribution in [3.63, 3.8) is 0 Å². The van der Waals surface area contributed by atoms with Crippen molar-refractivity contribution in [1.82, 2.24) is 15.3 Å². The Morgan fingerprint density at radius 2 is 2.40 bits per heavy atom. The number of methoxy groups -OCH3 is 1. The Morgan fingerprint density at radius 1 is 1.60 bits per heavy atom. The lowest BCUT2D eigenvalue weighted by molar-refractivity contribution is -0.123. The van der Waals surface area contributed by atoms with Gasteiger partial charge in [0.2, 0.25) is 5.91 Å². The van der Waals surface area contributed by atoms with Gasteiger partial charge in [0.1, 0.15) is 11.6 Å². The van der Waals surface area contributed by atoms with Gasteiger partial charge in [-0.15, -0.1) is 0 Å². The lowest BCUT2D eigenvalue weighted by Gasteiger charge is -2.11. The van der Waals surface area contributed by atoms with E-state index in [2.05, 4.69) is 15.3 Å². The van der Waals surface area contributed by atoms with Gasteiger partial charge in [0.15, 0.2) is 0 Å². The number of nitrogens with zero attached hydrogens (tertiary/aromatic N) is 1. The summed E-state index contributed by atoms with van der Waals surface area (Å²) in [7, 11) is 1.51. The van der Waals surface area contributed by atoms with Gasteiger partial charge in [-0.1, -0.05) is 0 Å². The fraction of sp³-hybridized carbons (Fsp3) is 0.385. The Labute approximate surface area is 115 Å². The third kappa shape index (κ3) is 3.52. The first kappa shape index (κ1) is 14.4. The number of hydrogen-bond acceptors (Lipinski definition) is 4. The number of fused-ring (bicyclic) bond motifs is 1. The Morgan fingerprint density at radius 3 is 3.10 bits per heavy atom. The Bertz CT molecular complexity index is 595. The molecule has 4 N–H and O–H groups in total. The quantitative estimate of drug-likeness (QED) is 0.725. The highest BCUT2D eigenvalue weighted by Crippen LogP contribution is 2.12. The molecule has 0 saturated carbocycles. The maximum absolute atomic E-state index is 13.0. The molecule has 1 atom stereocenters. The standard InChI is InChI=1S/C13H17FN4O2/c1-20-9(6-15)5-13(19)16-7-12-17-10-3-2-8(14)4-11(10)18-12/h2-4,9H,5-7,15H2,1H3,(H,16,19)(H,17,18). The van der Waals surface area contributed by atoms with Crippen LogP contribution in [0.4, 0.5) is 4.39 Å². The first-order valence-electron chi connectivity index (χ1n) is 6.26. The van der Waals surface area contributed by atoms with Gasteiger partial charge in [-0.3, -0.25) is 4.79 Å². The monoisotopic (exact) mass is 280 g/mol. The van der Waals surface area contributed by atoms with Crippen LogP contribution < -0.4 is 11.1 Å². The summed E-state index contributed by atoms with van der Waals surface area (Å²) in [5, 5.41) is 2.71. The smallest absolute Gasteiger partial charge is 0.223 e. The average Bonchev–Trinajstić information content (AvgIpc) is 2.84. The maximum atomic E-state index is 13.0. The second-order valence-corrected chi connectivity index (χ2v) is 4.42. The summed E-state index contributed by atoms with van der Waals surface area (Å²) in [5.74, 6) is 0.0669. The molecule has 0 bridgehead atoms. The predicted octanol–water partition coefficient (Wildman–Crippen LogP) is 0.682. The normalized spacial score (nSPS) is 12.6. The predicted molar refractivity (Wildman–Crippen MR) is 72.4 cm³/mol. The van der Waals surface area contributed by atoms with Crippen molar-refractivity contribution in [2.75, 3.05) is 13.7 Å². The Hall–Kier alpha value is -1.99. The molecule has 0 spiro atoms. The van der Waals surface area contributed by atoms with E-state index in [-0.39, 0.29) is 37.3 Å². The summed E-state index contributed by atoms with van der Waals surface area (Å²) in [4.78, 5) is 18.9. The van der Waals surface area contributed by atoms with Crippen LogP contribution in [0.15, 0.2) is 18.2 Å². The number of H-pyrrole nitrogens is 1. The zero-order chi connectivity index (χ0) is 14.5. The summed E-state index contributed by atoms with van der Waals surface area (Å²) < 4.78 is 18.1. The molecule has 7 heteroatoms. The van der Waals surface area contributed by atoms with Gasteiger partial charge in [0.25, 0.3) is 0 Å². The van der Waals surface area contributed by atoms with Crippen LogP contribution in [0.25, 0.3) is 11.0 Å². The maximum Gasteiger partial charge on any atom is 0.223 e. The van der Waals surface area contributed by atoms with Crippen LogP contribution in [-0.4, -0.2) is 35.6 Å². The lowest BCUT2D eigenvalue weighted by atomic mass is 10.2. The number of aromatic amines is 1. The summed E-state index contributed by atoms with van der Waals surface area (Å²) in [6, 6.07) is 4.29. The van der Waals surface area contributed by atoms with Crippen molar-refractivity contribution in [2.45, 2.75) is 19.1 Å². The number of halogens is 1. The SMILES string of the molecule is COC(CN)CC(=O)NCc1nc2ccc(F)cc2[nH]1. The van der Waals surface area contributed by atoms with E-state index < -0.39 is 0 Å². The van der Waals surface area contributed by atoms with Gasteiger partial charge in [0.05, 0.1) is 30.1 Å². The van der Waals surface area contributed by atoms with E-state index in [1.54, 1.807) is 6.07 Å². The van der Waals surface area contributed by atoms with Crippen molar-refractivity contribution in [2.24, 2.45) is 5.73 Å². The van der Waals surface area contributed by atoms with Gasteiger partial charge >= 0.3 is 0 Å². The fourth-order valence-electron chi connectivity index (χ4n) is 1.84. The summed E-state index contributed by atoms with van der Waals surface area (Å²) in [6.07, 6.45) is -0.0956. The molecule has 0 aliphatic rings. The average molecular weight is 280 g/mol. The van der Waals surface area contributed by atoms with E-state index in [9.17, 15) is 9.18 Å². The molecule has 0 saturated heterocycles. The highest BCUT2D eigenvalue weighted by atomic mass is 19.1. The second kappa shape index (κ2) is 6.44. The first-order valence-corrected chi connectivity index (χ1v) is 6.26. The third-order valence-electron chi connectivity index (χ3n) is 2.96. The number of nitrogens with one attached hydrogen (secondary N) is 2. The largest absolute Gasteiger partial charge is 0.380 e. The molecule has 0 fully saturated rings. The molecule has 1 aromatic heterocycles. The van der Waals surface area contributed by atoms with E-state index in [0.29, 0.717) is 16.9 Å². The highest BCUT2D eigenvalue weighted by Gasteiger charge is 2.12. The molecule has 6 nitrogen and oxygen atoms in total. The van der Waals surface area contributed by atoms with Crippen molar-refractivity contribution in [1.29, 1.82) is 0 Å². The molecule has 2 aromatic rings. The van der Waals surface area contributed by atoms with Crippen LogP contribution in [0.3, 0.4) is 0 Å². The summed E-state index contributed by atoms with van der Waals surface area (Å²) >= 11 is 0. The molecule has 1 unspecified atom stereocenters.